The lowest BCUT2D eigenvalue weighted by atomic mass is 10.4. The van der Waals surface area contributed by atoms with Crippen molar-refractivity contribution < 1.29 is 0 Å². The molecule has 0 aliphatic carbocycles. The van der Waals surface area contributed by atoms with Crippen molar-refractivity contribution in [3.05, 3.63) is 25.1 Å². The summed E-state index contributed by atoms with van der Waals surface area (Å²) in [5, 5.41) is 11.0. The maximum absolute atomic E-state index is 3.81. The van der Waals surface area contributed by atoms with Crippen LogP contribution < -0.4 is 0 Å². The molecule has 0 spiro atoms. The molecule has 0 saturated heterocycles. The van der Waals surface area contributed by atoms with Gasteiger partial charge < -0.3 is 0 Å². The molecule has 0 fully saturated rings. The average Bonchev–Trinajstić information content (AvgIpc) is 2.43. The molecular weight excluding hydrogens is 128 g/mol. The SMILES string of the molecule is C=C/C(=C\C)n1ncnn1. The van der Waals surface area contributed by atoms with Gasteiger partial charge in [-0.25, -0.2) is 0 Å². The Kier molecular flexibility index (Phi) is 1.94. The molecule has 0 aliphatic rings. The fraction of sp³-hybridized carbons (Fsp3) is 0.167. The summed E-state index contributed by atoms with van der Waals surface area (Å²) in [6, 6.07) is 0. The van der Waals surface area contributed by atoms with Gasteiger partial charge in [-0.2, -0.15) is 0 Å². The van der Waals surface area contributed by atoms with Crippen molar-refractivity contribution in [3.8, 4) is 0 Å². The molecule has 0 unspecified atom stereocenters. The third-order valence-electron chi connectivity index (χ3n) is 1.08. The normalized spacial score (nSPS) is 11.5. The second-order valence-electron chi connectivity index (χ2n) is 1.64. The van der Waals surface area contributed by atoms with Crippen molar-refractivity contribution >= 4 is 5.70 Å². The largest absolute Gasteiger partial charge is 0.162 e. The van der Waals surface area contributed by atoms with E-state index in [0.717, 1.165) is 5.70 Å². The second-order valence-corrected chi connectivity index (χ2v) is 1.64. The minimum Gasteiger partial charge on any atom is -0.135 e. The Bertz CT molecular complexity index is 234. The molecule has 0 amide bonds. The summed E-state index contributed by atoms with van der Waals surface area (Å²) in [6.45, 7) is 5.48. The summed E-state index contributed by atoms with van der Waals surface area (Å²) in [6.07, 6.45) is 4.91. The van der Waals surface area contributed by atoms with Crippen molar-refractivity contribution in [2.45, 2.75) is 6.92 Å². The molecular formula is C6H8N4. The summed E-state index contributed by atoms with van der Waals surface area (Å²) in [4.78, 5) is 1.41. The Hall–Kier alpha value is -1.45. The lowest BCUT2D eigenvalue weighted by Gasteiger charge is -1.93. The van der Waals surface area contributed by atoms with Gasteiger partial charge in [-0.05, 0) is 18.2 Å². The highest BCUT2D eigenvalue weighted by atomic mass is 15.6. The molecule has 52 valence electrons. The minimum atomic E-state index is 0.831. The Labute approximate surface area is 58.9 Å². The maximum Gasteiger partial charge on any atom is 0.162 e. The quantitative estimate of drug-likeness (QED) is 0.562. The second kappa shape index (κ2) is 2.91. The van der Waals surface area contributed by atoms with Crippen LogP contribution in [0.25, 0.3) is 5.70 Å². The van der Waals surface area contributed by atoms with Gasteiger partial charge in [0, 0.05) is 0 Å². The molecule has 4 nitrogen and oxygen atoms in total. The van der Waals surface area contributed by atoms with Crippen LogP contribution in [0.3, 0.4) is 0 Å². The van der Waals surface area contributed by atoms with Crippen LogP contribution in [0.1, 0.15) is 6.92 Å². The maximum atomic E-state index is 3.81. The molecule has 1 rings (SSSR count). The number of nitrogens with zero attached hydrogens (tertiary/aromatic N) is 4. The van der Waals surface area contributed by atoms with Gasteiger partial charge in [-0.15, -0.1) is 15.0 Å². The molecule has 1 aromatic heterocycles. The Morgan fingerprint density at radius 2 is 2.50 bits per heavy atom. The van der Waals surface area contributed by atoms with E-state index in [-0.39, 0.29) is 0 Å². The molecule has 0 aliphatic heterocycles. The van der Waals surface area contributed by atoms with Crippen LogP contribution in [0.5, 0.6) is 0 Å². The van der Waals surface area contributed by atoms with Crippen molar-refractivity contribution in [1.82, 2.24) is 20.2 Å². The predicted molar refractivity (Wildman–Crippen MR) is 38.0 cm³/mol. The van der Waals surface area contributed by atoms with E-state index in [1.807, 2.05) is 13.0 Å². The van der Waals surface area contributed by atoms with Crippen molar-refractivity contribution in [2.24, 2.45) is 0 Å². The Morgan fingerprint density at radius 1 is 1.70 bits per heavy atom. The van der Waals surface area contributed by atoms with E-state index in [2.05, 4.69) is 22.0 Å². The summed E-state index contributed by atoms with van der Waals surface area (Å²) in [5.41, 5.74) is 0.831. The molecule has 0 radical (unpaired) electrons. The van der Waals surface area contributed by atoms with Crippen LogP contribution in [0, 0.1) is 0 Å². The first-order chi connectivity index (χ1) is 4.88. The topological polar surface area (TPSA) is 43.6 Å². The van der Waals surface area contributed by atoms with Gasteiger partial charge in [-0.1, -0.05) is 12.7 Å². The first kappa shape index (κ1) is 6.67. The van der Waals surface area contributed by atoms with E-state index in [0.29, 0.717) is 0 Å². The zero-order valence-electron chi connectivity index (χ0n) is 5.73. The van der Waals surface area contributed by atoms with E-state index >= 15 is 0 Å². The number of aromatic nitrogens is 4. The van der Waals surface area contributed by atoms with Crippen molar-refractivity contribution in [3.63, 3.8) is 0 Å². The van der Waals surface area contributed by atoms with Crippen LogP contribution in [0.4, 0.5) is 0 Å². The highest BCUT2D eigenvalue weighted by Gasteiger charge is 1.93. The Balaban J connectivity index is 2.95. The third-order valence-corrected chi connectivity index (χ3v) is 1.08. The molecule has 1 heterocycles. The van der Waals surface area contributed by atoms with Crippen molar-refractivity contribution in [1.29, 1.82) is 0 Å². The number of rotatable bonds is 2. The minimum absolute atomic E-state index is 0.831. The van der Waals surface area contributed by atoms with Gasteiger partial charge in [0.1, 0.15) is 0 Å². The van der Waals surface area contributed by atoms with Gasteiger partial charge in [0.15, 0.2) is 6.33 Å². The highest BCUT2D eigenvalue weighted by Crippen LogP contribution is 1.97. The first-order valence-corrected chi connectivity index (χ1v) is 2.90. The smallest absolute Gasteiger partial charge is 0.135 e. The van der Waals surface area contributed by atoms with Gasteiger partial charge in [0.2, 0.25) is 0 Å². The summed E-state index contributed by atoms with van der Waals surface area (Å²) in [5.74, 6) is 0. The number of allylic oxidation sites excluding steroid dienone is 3. The van der Waals surface area contributed by atoms with Crippen LogP contribution in [-0.4, -0.2) is 20.2 Å². The van der Waals surface area contributed by atoms with Crippen LogP contribution >= 0.6 is 0 Å². The van der Waals surface area contributed by atoms with E-state index in [9.17, 15) is 0 Å². The highest BCUT2D eigenvalue weighted by molar-refractivity contribution is 5.52. The first-order valence-electron chi connectivity index (χ1n) is 2.90. The fourth-order valence-corrected chi connectivity index (χ4v) is 0.600. The standard InChI is InChI=1S/C6H8N4/c1-3-6(4-2)10-8-5-7-9-10/h3-5H,1H2,2H3/b6-4+. The van der Waals surface area contributed by atoms with Gasteiger partial charge >= 0.3 is 0 Å². The molecule has 0 N–H and O–H groups in total. The van der Waals surface area contributed by atoms with Crippen molar-refractivity contribution in [2.75, 3.05) is 0 Å². The lowest BCUT2D eigenvalue weighted by molar-refractivity contribution is 0.741. The number of hydrogen-bond donors (Lipinski definition) is 0. The monoisotopic (exact) mass is 136 g/mol. The van der Waals surface area contributed by atoms with Crippen LogP contribution in [0.2, 0.25) is 0 Å². The molecule has 4 heteroatoms. The third kappa shape index (κ3) is 1.10. The van der Waals surface area contributed by atoms with Gasteiger partial charge in [0.25, 0.3) is 0 Å². The van der Waals surface area contributed by atoms with Gasteiger partial charge in [0.05, 0.1) is 5.70 Å². The molecule has 0 aromatic carbocycles. The predicted octanol–water partition coefficient (Wildman–Crippen LogP) is 0.720. The molecule has 10 heavy (non-hydrogen) atoms. The zero-order chi connectivity index (χ0) is 7.40. The zero-order valence-corrected chi connectivity index (χ0v) is 5.73. The fourth-order valence-electron chi connectivity index (χ4n) is 0.600. The lowest BCUT2D eigenvalue weighted by Crippen LogP contribution is -1.98. The van der Waals surface area contributed by atoms with Crippen LogP contribution in [-0.2, 0) is 0 Å². The molecule has 0 bridgehead atoms. The van der Waals surface area contributed by atoms with Gasteiger partial charge in [-0.3, -0.25) is 0 Å². The summed E-state index contributed by atoms with van der Waals surface area (Å²) in [7, 11) is 0. The van der Waals surface area contributed by atoms with E-state index in [4.69, 9.17) is 0 Å². The Morgan fingerprint density at radius 3 is 2.90 bits per heavy atom. The summed E-state index contributed by atoms with van der Waals surface area (Å²) < 4.78 is 0. The molecule has 0 saturated carbocycles. The van der Waals surface area contributed by atoms with Crippen LogP contribution in [0.15, 0.2) is 25.1 Å². The summed E-state index contributed by atoms with van der Waals surface area (Å²) >= 11 is 0. The van der Waals surface area contributed by atoms with E-state index in [1.54, 1.807) is 6.08 Å². The molecule has 0 atom stereocenters. The van der Waals surface area contributed by atoms with E-state index < -0.39 is 0 Å². The number of tetrazole rings is 1. The number of hydrogen-bond acceptors (Lipinski definition) is 3. The molecule has 1 aromatic rings. The van der Waals surface area contributed by atoms with E-state index in [1.165, 1.54) is 11.1 Å². The average molecular weight is 136 g/mol.